The number of nitrogens with zero attached hydrogens (tertiary/aromatic N) is 1. The average molecular weight is 244 g/mol. The van der Waals surface area contributed by atoms with E-state index in [9.17, 15) is 5.11 Å². The van der Waals surface area contributed by atoms with Crippen molar-refractivity contribution in [3.05, 3.63) is 53.7 Å². The van der Waals surface area contributed by atoms with E-state index in [0.717, 1.165) is 16.9 Å². The molecule has 0 saturated heterocycles. The van der Waals surface area contributed by atoms with Crippen LogP contribution in [0.15, 0.2) is 42.6 Å². The molecule has 1 atom stereocenters. The lowest BCUT2D eigenvalue weighted by Gasteiger charge is -2.12. The molecule has 0 aliphatic carbocycles. The van der Waals surface area contributed by atoms with Crippen molar-refractivity contribution in [3.63, 3.8) is 0 Å². The van der Waals surface area contributed by atoms with Crippen LogP contribution in [0.1, 0.15) is 17.2 Å². The number of pyridine rings is 1. The predicted octanol–water partition coefficient (Wildman–Crippen LogP) is 1.95. The fourth-order valence-corrected chi connectivity index (χ4v) is 1.78. The van der Waals surface area contributed by atoms with Crippen molar-refractivity contribution in [1.29, 1.82) is 0 Å². The molecule has 3 N–H and O–H groups in total. The maximum absolute atomic E-state index is 10.1. The zero-order valence-electron chi connectivity index (χ0n) is 10.2. The molecule has 0 radical (unpaired) electrons. The largest absolute Gasteiger partial charge is 0.497 e. The molecule has 0 spiro atoms. The summed E-state index contributed by atoms with van der Waals surface area (Å²) in [6.45, 7) is 0. The first kappa shape index (κ1) is 12.4. The summed E-state index contributed by atoms with van der Waals surface area (Å²) in [6.07, 6.45) is 1.49. The molecule has 1 unspecified atom stereocenters. The van der Waals surface area contributed by atoms with E-state index in [4.69, 9.17) is 10.5 Å². The van der Waals surface area contributed by atoms with Crippen LogP contribution in [0.2, 0.25) is 0 Å². The standard InChI is InChI=1S/C14H16N2O2/c1-18-12-6-4-10(5-7-12)13(17)9-11-3-2-8-16-14(11)15/h2-8,13,17H,9H2,1H3,(H2,15,16). The molecule has 0 aliphatic heterocycles. The molecule has 4 heteroatoms. The Balaban J connectivity index is 2.11. The Labute approximate surface area is 106 Å². The minimum absolute atomic E-state index is 0.450. The smallest absolute Gasteiger partial charge is 0.126 e. The molecule has 0 amide bonds. The molecule has 1 aromatic heterocycles. The van der Waals surface area contributed by atoms with Gasteiger partial charge in [-0.2, -0.15) is 0 Å². The van der Waals surface area contributed by atoms with Crippen LogP contribution < -0.4 is 10.5 Å². The van der Waals surface area contributed by atoms with E-state index < -0.39 is 6.10 Å². The van der Waals surface area contributed by atoms with Gasteiger partial charge in [0.15, 0.2) is 0 Å². The van der Waals surface area contributed by atoms with Crippen molar-refractivity contribution in [2.24, 2.45) is 0 Å². The van der Waals surface area contributed by atoms with Crippen molar-refractivity contribution in [1.82, 2.24) is 4.98 Å². The number of methoxy groups -OCH3 is 1. The second-order valence-corrected chi connectivity index (χ2v) is 4.04. The van der Waals surface area contributed by atoms with Gasteiger partial charge < -0.3 is 15.6 Å². The molecule has 4 nitrogen and oxygen atoms in total. The van der Waals surface area contributed by atoms with E-state index in [-0.39, 0.29) is 0 Å². The number of aliphatic hydroxyl groups excluding tert-OH is 1. The zero-order chi connectivity index (χ0) is 13.0. The summed E-state index contributed by atoms with van der Waals surface area (Å²) < 4.78 is 5.07. The number of hydrogen-bond donors (Lipinski definition) is 2. The highest BCUT2D eigenvalue weighted by atomic mass is 16.5. The SMILES string of the molecule is COc1ccc(C(O)Cc2cccnc2N)cc1. The Morgan fingerprint density at radius 1 is 1.28 bits per heavy atom. The third-order valence-electron chi connectivity index (χ3n) is 2.84. The van der Waals surface area contributed by atoms with Gasteiger partial charge in [-0.1, -0.05) is 18.2 Å². The lowest BCUT2D eigenvalue weighted by Crippen LogP contribution is -2.05. The Kier molecular flexibility index (Phi) is 3.79. The fraction of sp³-hybridized carbons (Fsp3) is 0.214. The van der Waals surface area contributed by atoms with Gasteiger partial charge in [0.1, 0.15) is 11.6 Å². The number of nitrogen functional groups attached to an aromatic ring is 1. The highest BCUT2D eigenvalue weighted by molar-refractivity contribution is 5.39. The van der Waals surface area contributed by atoms with Crippen molar-refractivity contribution < 1.29 is 9.84 Å². The van der Waals surface area contributed by atoms with Crippen molar-refractivity contribution in [2.45, 2.75) is 12.5 Å². The van der Waals surface area contributed by atoms with Crippen molar-refractivity contribution >= 4 is 5.82 Å². The van der Waals surface area contributed by atoms with Crippen molar-refractivity contribution in [2.75, 3.05) is 12.8 Å². The summed E-state index contributed by atoms with van der Waals surface area (Å²) in [6, 6.07) is 11.0. The molecular formula is C14H16N2O2. The van der Waals surface area contributed by atoms with Crippen LogP contribution in [0.4, 0.5) is 5.82 Å². The van der Waals surface area contributed by atoms with Crippen molar-refractivity contribution in [3.8, 4) is 5.75 Å². The van der Waals surface area contributed by atoms with E-state index in [1.165, 1.54) is 0 Å². The molecule has 0 fully saturated rings. The third kappa shape index (κ3) is 2.78. The number of aromatic nitrogens is 1. The van der Waals surface area contributed by atoms with Gasteiger partial charge >= 0.3 is 0 Å². The molecule has 2 rings (SSSR count). The molecule has 1 heterocycles. The molecule has 94 valence electrons. The molecule has 0 aliphatic rings. The second kappa shape index (κ2) is 5.51. The summed E-state index contributed by atoms with van der Waals surface area (Å²) in [5.41, 5.74) is 7.43. The minimum atomic E-state index is -0.595. The predicted molar refractivity (Wildman–Crippen MR) is 70.3 cm³/mol. The maximum Gasteiger partial charge on any atom is 0.126 e. The topological polar surface area (TPSA) is 68.4 Å². The summed E-state index contributed by atoms with van der Waals surface area (Å²) in [5, 5.41) is 10.1. The Morgan fingerprint density at radius 2 is 2.00 bits per heavy atom. The van der Waals surface area contributed by atoms with Gasteiger partial charge in [0.05, 0.1) is 13.2 Å². The Hall–Kier alpha value is -2.07. The van der Waals surface area contributed by atoms with Gasteiger partial charge in [-0.25, -0.2) is 4.98 Å². The first-order chi connectivity index (χ1) is 8.70. The van der Waals surface area contributed by atoms with E-state index in [1.807, 2.05) is 36.4 Å². The van der Waals surface area contributed by atoms with E-state index in [0.29, 0.717) is 12.2 Å². The van der Waals surface area contributed by atoms with Gasteiger partial charge in [0.25, 0.3) is 0 Å². The van der Waals surface area contributed by atoms with Gasteiger partial charge in [0.2, 0.25) is 0 Å². The summed E-state index contributed by atoms with van der Waals surface area (Å²) in [4.78, 5) is 4.00. The van der Waals surface area contributed by atoms with Crippen LogP contribution >= 0.6 is 0 Å². The summed E-state index contributed by atoms with van der Waals surface area (Å²) in [5.74, 6) is 1.23. The number of hydrogen-bond acceptors (Lipinski definition) is 4. The first-order valence-corrected chi connectivity index (χ1v) is 5.72. The number of benzene rings is 1. The van der Waals surface area contributed by atoms with E-state index >= 15 is 0 Å². The lowest BCUT2D eigenvalue weighted by atomic mass is 10.0. The Bertz CT molecular complexity index is 511. The molecular weight excluding hydrogens is 228 g/mol. The molecule has 18 heavy (non-hydrogen) atoms. The quantitative estimate of drug-likeness (QED) is 0.862. The van der Waals surface area contributed by atoms with Crippen LogP contribution in [-0.4, -0.2) is 17.2 Å². The molecule has 1 aromatic carbocycles. The van der Waals surface area contributed by atoms with Gasteiger partial charge in [-0.3, -0.25) is 0 Å². The average Bonchev–Trinajstić information content (AvgIpc) is 2.41. The first-order valence-electron chi connectivity index (χ1n) is 5.72. The lowest BCUT2D eigenvalue weighted by molar-refractivity contribution is 0.178. The molecule has 2 aromatic rings. The maximum atomic E-state index is 10.1. The highest BCUT2D eigenvalue weighted by Crippen LogP contribution is 2.22. The number of rotatable bonds is 4. The van der Waals surface area contributed by atoms with Crippen LogP contribution in [0.5, 0.6) is 5.75 Å². The number of aliphatic hydroxyl groups is 1. The van der Waals surface area contributed by atoms with Crippen LogP contribution in [0.25, 0.3) is 0 Å². The third-order valence-corrected chi connectivity index (χ3v) is 2.84. The van der Waals surface area contributed by atoms with E-state index in [1.54, 1.807) is 13.3 Å². The number of nitrogens with two attached hydrogens (primary N) is 1. The van der Waals surface area contributed by atoms with Crippen LogP contribution in [0.3, 0.4) is 0 Å². The summed E-state index contributed by atoms with van der Waals surface area (Å²) >= 11 is 0. The normalized spacial score (nSPS) is 12.1. The monoisotopic (exact) mass is 244 g/mol. The minimum Gasteiger partial charge on any atom is -0.497 e. The van der Waals surface area contributed by atoms with E-state index in [2.05, 4.69) is 4.98 Å². The highest BCUT2D eigenvalue weighted by Gasteiger charge is 2.10. The van der Waals surface area contributed by atoms with Gasteiger partial charge in [-0.05, 0) is 29.3 Å². The summed E-state index contributed by atoms with van der Waals surface area (Å²) in [7, 11) is 1.61. The molecule has 0 saturated carbocycles. The number of ether oxygens (including phenoxy) is 1. The number of anilines is 1. The fourth-order valence-electron chi connectivity index (χ4n) is 1.78. The van der Waals surface area contributed by atoms with Gasteiger partial charge in [-0.15, -0.1) is 0 Å². The van der Waals surface area contributed by atoms with Crippen LogP contribution in [0, 0.1) is 0 Å². The second-order valence-electron chi connectivity index (χ2n) is 4.04. The van der Waals surface area contributed by atoms with Gasteiger partial charge in [0, 0.05) is 12.6 Å². The Morgan fingerprint density at radius 3 is 2.61 bits per heavy atom. The van der Waals surface area contributed by atoms with Crippen LogP contribution in [-0.2, 0) is 6.42 Å². The molecule has 0 bridgehead atoms. The zero-order valence-corrected chi connectivity index (χ0v) is 10.2.